The molecule has 1 N–H and O–H groups in total. The van der Waals surface area contributed by atoms with Gasteiger partial charge < -0.3 is 14.5 Å². The smallest absolute Gasteiger partial charge is 0.276 e. The molecule has 0 unspecified atom stereocenters. The minimum Gasteiger partial charge on any atom is -0.386 e. The van der Waals surface area contributed by atoms with Crippen molar-refractivity contribution in [3.8, 4) is 0 Å². The van der Waals surface area contributed by atoms with Gasteiger partial charge in [0.25, 0.3) is 5.91 Å². The maximum absolute atomic E-state index is 11.8. The fourth-order valence-corrected chi connectivity index (χ4v) is 2.06. The van der Waals surface area contributed by atoms with Gasteiger partial charge in [0.2, 0.25) is 0 Å². The molecule has 0 aromatic carbocycles. The van der Waals surface area contributed by atoms with Crippen molar-refractivity contribution in [1.29, 1.82) is 0 Å². The van der Waals surface area contributed by atoms with Crippen molar-refractivity contribution in [2.24, 2.45) is 0 Å². The highest BCUT2D eigenvalue weighted by Gasteiger charge is 2.43. The number of aliphatic hydroxyl groups is 1. The van der Waals surface area contributed by atoms with E-state index in [0.717, 1.165) is 12.8 Å². The minimum absolute atomic E-state index is 0.169. The number of hydrogen-bond acceptors (Lipinski definition) is 4. The summed E-state index contributed by atoms with van der Waals surface area (Å²) in [5, 5.41) is 13.6. The highest BCUT2D eigenvalue weighted by atomic mass is 16.5. The van der Waals surface area contributed by atoms with Crippen molar-refractivity contribution in [3.63, 3.8) is 0 Å². The second kappa shape index (κ2) is 3.90. The van der Waals surface area contributed by atoms with Gasteiger partial charge in [0.1, 0.15) is 5.76 Å². The first-order chi connectivity index (χ1) is 7.54. The second-order valence-corrected chi connectivity index (χ2v) is 4.46. The van der Waals surface area contributed by atoms with E-state index in [-0.39, 0.29) is 5.91 Å². The van der Waals surface area contributed by atoms with Crippen LogP contribution in [-0.2, 0) is 0 Å². The molecular weight excluding hydrogens is 208 g/mol. The third-order valence-electron chi connectivity index (χ3n) is 2.82. The first-order valence-electron chi connectivity index (χ1n) is 5.49. The van der Waals surface area contributed by atoms with Gasteiger partial charge in [0, 0.05) is 6.07 Å². The quantitative estimate of drug-likeness (QED) is 0.830. The van der Waals surface area contributed by atoms with Crippen LogP contribution in [0.1, 0.15) is 36.0 Å². The number of likely N-dealkylation sites (tertiary alicyclic amines) is 1. The molecule has 5 heteroatoms. The summed E-state index contributed by atoms with van der Waals surface area (Å²) in [5.41, 5.74) is -0.375. The Morgan fingerprint density at radius 2 is 2.38 bits per heavy atom. The summed E-state index contributed by atoms with van der Waals surface area (Å²) < 4.78 is 4.84. The highest BCUT2D eigenvalue weighted by molar-refractivity contribution is 5.93. The molecule has 0 saturated carbocycles. The van der Waals surface area contributed by atoms with Crippen LogP contribution < -0.4 is 0 Å². The predicted octanol–water partition coefficient (Wildman–Crippen LogP) is 0.970. The highest BCUT2D eigenvalue weighted by Crippen LogP contribution is 2.27. The van der Waals surface area contributed by atoms with Gasteiger partial charge in [-0.05, 0) is 13.3 Å². The Kier molecular flexibility index (Phi) is 2.71. The van der Waals surface area contributed by atoms with Gasteiger partial charge in [-0.2, -0.15) is 0 Å². The van der Waals surface area contributed by atoms with E-state index in [0.29, 0.717) is 24.5 Å². The Morgan fingerprint density at radius 3 is 2.88 bits per heavy atom. The average molecular weight is 224 g/mol. The molecule has 5 nitrogen and oxygen atoms in total. The normalized spacial score (nSPS) is 18.3. The average Bonchev–Trinajstić information content (AvgIpc) is 2.60. The van der Waals surface area contributed by atoms with Gasteiger partial charge >= 0.3 is 0 Å². The van der Waals surface area contributed by atoms with E-state index in [1.54, 1.807) is 17.9 Å². The van der Waals surface area contributed by atoms with E-state index in [4.69, 9.17) is 4.52 Å². The summed E-state index contributed by atoms with van der Waals surface area (Å²) in [6, 6.07) is 1.61. The molecule has 1 aliphatic rings. The summed E-state index contributed by atoms with van der Waals surface area (Å²) in [5.74, 6) is 0.449. The number of hydrogen-bond donors (Lipinski definition) is 1. The molecule has 0 radical (unpaired) electrons. The zero-order valence-corrected chi connectivity index (χ0v) is 9.56. The fraction of sp³-hybridized carbons (Fsp3) is 0.636. The number of rotatable bonds is 3. The van der Waals surface area contributed by atoms with Gasteiger partial charge in [0.05, 0.1) is 18.7 Å². The number of amides is 1. The number of β-amino-alcohol motifs (C(OH)–C–C–N with tert-alkyl or cyclic N) is 1. The number of carbonyl (C=O) groups excluding carboxylic acids is 1. The lowest BCUT2D eigenvalue weighted by Crippen LogP contribution is -2.63. The topological polar surface area (TPSA) is 66.6 Å². The number of carbonyl (C=O) groups is 1. The molecule has 1 amide bonds. The molecule has 16 heavy (non-hydrogen) atoms. The standard InChI is InChI=1S/C11H16N2O3/c1-3-4-11(15)6-13(7-11)10(14)9-5-8(2)16-12-9/h5,15H,3-4,6-7H2,1-2H3. The summed E-state index contributed by atoms with van der Waals surface area (Å²) in [7, 11) is 0. The molecular formula is C11H16N2O3. The van der Waals surface area contributed by atoms with Crippen molar-refractivity contribution >= 4 is 5.91 Å². The van der Waals surface area contributed by atoms with E-state index in [9.17, 15) is 9.90 Å². The van der Waals surface area contributed by atoms with Crippen molar-refractivity contribution in [2.75, 3.05) is 13.1 Å². The fourth-order valence-electron chi connectivity index (χ4n) is 2.06. The van der Waals surface area contributed by atoms with Crippen LogP contribution in [0.15, 0.2) is 10.6 Å². The molecule has 2 rings (SSSR count). The lowest BCUT2D eigenvalue weighted by atomic mass is 9.89. The van der Waals surface area contributed by atoms with Crippen LogP contribution in [-0.4, -0.2) is 39.8 Å². The Morgan fingerprint density at radius 1 is 1.69 bits per heavy atom. The van der Waals surface area contributed by atoms with Gasteiger partial charge in [0.15, 0.2) is 5.69 Å². The van der Waals surface area contributed by atoms with E-state index in [1.807, 2.05) is 6.92 Å². The first kappa shape index (κ1) is 11.1. The molecule has 1 aromatic heterocycles. The maximum atomic E-state index is 11.8. The van der Waals surface area contributed by atoms with E-state index in [2.05, 4.69) is 5.16 Å². The van der Waals surface area contributed by atoms with Gasteiger partial charge in [-0.1, -0.05) is 18.5 Å². The molecule has 1 saturated heterocycles. The molecule has 1 aromatic rings. The van der Waals surface area contributed by atoms with Crippen LogP contribution in [0.5, 0.6) is 0 Å². The second-order valence-electron chi connectivity index (χ2n) is 4.46. The number of aryl methyl sites for hydroxylation is 1. The molecule has 88 valence electrons. The zero-order chi connectivity index (χ0) is 11.8. The lowest BCUT2D eigenvalue weighted by molar-refractivity contribution is -0.0862. The van der Waals surface area contributed by atoms with Crippen molar-refractivity contribution in [1.82, 2.24) is 10.1 Å². The summed E-state index contributed by atoms with van der Waals surface area (Å²) in [6.07, 6.45) is 1.65. The molecule has 2 heterocycles. The molecule has 0 spiro atoms. The Balaban J connectivity index is 1.95. The van der Waals surface area contributed by atoms with Crippen LogP contribution in [0.3, 0.4) is 0 Å². The van der Waals surface area contributed by atoms with Crippen LogP contribution in [0.4, 0.5) is 0 Å². The molecule has 1 fully saturated rings. The van der Waals surface area contributed by atoms with Crippen molar-refractivity contribution in [3.05, 3.63) is 17.5 Å². The Hall–Kier alpha value is -1.36. The van der Waals surface area contributed by atoms with Crippen LogP contribution in [0, 0.1) is 6.92 Å². The van der Waals surface area contributed by atoms with Crippen molar-refractivity contribution in [2.45, 2.75) is 32.3 Å². The number of nitrogens with zero attached hydrogens (tertiary/aromatic N) is 2. The molecule has 0 aliphatic carbocycles. The third-order valence-corrected chi connectivity index (χ3v) is 2.82. The van der Waals surface area contributed by atoms with Gasteiger partial charge in [-0.15, -0.1) is 0 Å². The van der Waals surface area contributed by atoms with E-state index < -0.39 is 5.60 Å². The van der Waals surface area contributed by atoms with Gasteiger partial charge in [-0.25, -0.2) is 0 Å². The monoisotopic (exact) mass is 224 g/mol. The Bertz CT molecular complexity index is 394. The third kappa shape index (κ3) is 1.95. The van der Waals surface area contributed by atoms with E-state index in [1.165, 1.54) is 0 Å². The predicted molar refractivity (Wildman–Crippen MR) is 57.0 cm³/mol. The largest absolute Gasteiger partial charge is 0.386 e. The summed E-state index contributed by atoms with van der Waals surface area (Å²) in [6.45, 7) is 4.55. The van der Waals surface area contributed by atoms with Crippen LogP contribution in [0.25, 0.3) is 0 Å². The molecule has 0 bridgehead atoms. The maximum Gasteiger partial charge on any atom is 0.276 e. The number of aromatic nitrogens is 1. The minimum atomic E-state index is -0.691. The summed E-state index contributed by atoms with van der Waals surface area (Å²) in [4.78, 5) is 13.4. The summed E-state index contributed by atoms with van der Waals surface area (Å²) >= 11 is 0. The lowest BCUT2D eigenvalue weighted by Gasteiger charge is -2.46. The zero-order valence-electron chi connectivity index (χ0n) is 9.56. The molecule has 0 atom stereocenters. The SMILES string of the molecule is CCCC1(O)CN(C(=O)c2cc(C)on2)C1. The van der Waals surface area contributed by atoms with E-state index >= 15 is 0 Å². The van der Waals surface area contributed by atoms with Crippen LogP contribution >= 0.6 is 0 Å². The molecule has 1 aliphatic heterocycles. The first-order valence-corrected chi connectivity index (χ1v) is 5.49. The Labute approximate surface area is 94.0 Å². The van der Waals surface area contributed by atoms with Gasteiger partial charge in [-0.3, -0.25) is 4.79 Å². The van der Waals surface area contributed by atoms with Crippen molar-refractivity contribution < 1.29 is 14.4 Å². The van der Waals surface area contributed by atoms with Crippen LogP contribution in [0.2, 0.25) is 0 Å².